The first-order valence-corrected chi connectivity index (χ1v) is 14.1. The molecule has 1 fully saturated rings. The molecule has 2 N–H and O–H groups in total. The Balaban J connectivity index is 1.59. The monoisotopic (exact) mass is 550 g/mol. The van der Waals surface area contributed by atoms with Crippen LogP contribution in [0.5, 0.6) is 5.75 Å². The molecular formula is C26H28F2N2O5S2. The first kappa shape index (κ1) is 27.0. The predicted octanol–water partition coefficient (Wildman–Crippen LogP) is 6.61. The van der Waals surface area contributed by atoms with E-state index in [1.54, 1.807) is 6.07 Å². The summed E-state index contributed by atoms with van der Waals surface area (Å²) >= 11 is 1.05. The van der Waals surface area contributed by atoms with Gasteiger partial charge in [-0.25, -0.2) is 18.6 Å². The van der Waals surface area contributed by atoms with E-state index in [-0.39, 0.29) is 16.5 Å². The van der Waals surface area contributed by atoms with Crippen LogP contribution in [0.15, 0.2) is 40.7 Å². The third-order valence-electron chi connectivity index (χ3n) is 6.84. The second kappa shape index (κ2) is 10.4. The van der Waals surface area contributed by atoms with Gasteiger partial charge in [0.05, 0.1) is 18.4 Å². The highest BCUT2D eigenvalue weighted by Gasteiger charge is 2.28. The van der Waals surface area contributed by atoms with Gasteiger partial charge in [-0.15, -0.1) is 11.3 Å². The Bertz CT molecular complexity index is 1430. The summed E-state index contributed by atoms with van der Waals surface area (Å²) in [6.07, 6.45) is 4.30. The maximum Gasteiger partial charge on any atom is 0.338 e. The lowest BCUT2D eigenvalue weighted by Gasteiger charge is -2.34. The Hall–Kier alpha value is -3.05. The summed E-state index contributed by atoms with van der Waals surface area (Å²) in [7, 11) is -3.08. The average molecular weight is 551 g/mol. The molecule has 1 aliphatic rings. The van der Waals surface area contributed by atoms with Gasteiger partial charge in [-0.1, -0.05) is 32.0 Å². The lowest BCUT2D eigenvalue weighted by molar-refractivity contribution is 0.0691. The van der Waals surface area contributed by atoms with E-state index in [0.29, 0.717) is 27.5 Å². The van der Waals surface area contributed by atoms with E-state index in [4.69, 9.17) is 9.84 Å². The lowest BCUT2D eigenvalue weighted by atomic mass is 9.71. The minimum atomic E-state index is -4.28. The summed E-state index contributed by atoms with van der Waals surface area (Å²) in [5.41, 5.74) is 1.44. The molecule has 4 rings (SSSR count). The van der Waals surface area contributed by atoms with E-state index in [2.05, 4.69) is 23.6 Å². The number of halogens is 2. The topological polar surface area (TPSA) is 106 Å². The fourth-order valence-electron chi connectivity index (χ4n) is 4.59. The molecule has 0 unspecified atom stereocenters. The third kappa shape index (κ3) is 5.77. The second-order valence-electron chi connectivity index (χ2n) is 9.92. The van der Waals surface area contributed by atoms with E-state index in [1.807, 2.05) is 12.1 Å². The fraction of sp³-hybridized carbons (Fsp3) is 0.385. The zero-order chi connectivity index (χ0) is 27.0. The number of carbonyl (C=O) groups is 1. The van der Waals surface area contributed by atoms with Crippen molar-refractivity contribution in [2.45, 2.75) is 57.1 Å². The van der Waals surface area contributed by atoms with Crippen LogP contribution in [0.4, 0.5) is 14.5 Å². The maximum atomic E-state index is 14.2. The van der Waals surface area contributed by atoms with Crippen molar-refractivity contribution >= 4 is 33.0 Å². The Kier molecular flexibility index (Phi) is 7.57. The Morgan fingerprint density at radius 3 is 2.57 bits per heavy atom. The molecule has 0 amide bonds. The fourth-order valence-corrected chi connectivity index (χ4v) is 6.80. The van der Waals surface area contributed by atoms with Crippen LogP contribution in [-0.2, 0) is 16.7 Å². The highest BCUT2D eigenvalue weighted by Crippen LogP contribution is 2.43. The van der Waals surface area contributed by atoms with Crippen LogP contribution < -0.4 is 9.46 Å². The number of thiazole rings is 1. The molecule has 1 aliphatic carbocycles. The number of anilines is 1. The minimum absolute atomic E-state index is 0.167. The summed E-state index contributed by atoms with van der Waals surface area (Å²) in [5, 5.41) is 10.4. The number of aromatic nitrogens is 1. The molecule has 1 saturated carbocycles. The summed E-state index contributed by atoms with van der Waals surface area (Å²) in [6.45, 7) is 3.81. The molecular weight excluding hydrogens is 522 g/mol. The Labute approximate surface area is 218 Å². The van der Waals surface area contributed by atoms with Crippen LogP contribution in [0.3, 0.4) is 0 Å². The Morgan fingerprint density at radius 1 is 1.24 bits per heavy atom. The van der Waals surface area contributed by atoms with Gasteiger partial charge < -0.3 is 9.84 Å². The standard InChI is InChI=1S/C26H28F2N2O5S2/c1-26(2)8-6-15(7-9-26)16-4-5-18(17(10-16)13-27)24-29-23(14-36-24)37(33,34)30-21-12-20(28)19(25(31)32)11-22(21)35-3/h4-5,10-12,14-15,30H,6-9,13H2,1-3H3,(H,31,32). The van der Waals surface area contributed by atoms with Crippen molar-refractivity contribution in [3.63, 3.8) is 0 Å². The average Bonchev–Trinajstić information content (AvgIpc) is 3.34. The van der Waals surface area contributed by atoms with E-state index in [9.17, 15) is 22.0 Å². The molecule has 0 bridgehead atoms. The van der Waals surface area contributed by atoms with Crippen LogP contribution in [0.2, 0.25) is 0 Å². The number of sulfonamides is 1. The first-order valence-electron chi connectivity index (χ1n) is 11.7. The minimum Gasteiger partial charge on any atom is -0.495 e. The predicted molar refractivity (Wildman–Crippen MR) is 138 cm³/mol. The number of rotatable bonds is 8. The van der Waals surface area contributed by atoms with Gasteiger partial charge in [-0.3, -0.25) is 4.72 Å². The summed E-state index contributed by atoms with van der Waals surface area (Å²) in [6, 6.07) is 7.23. The third-order valence-corrected chi connectivity index (χ3v) is 9.11. The van der Waals surface area contributed by atoms with Gasteiger partial charge in [0, 0.05) is 17.0 Å². The quantitative estimate of drug-likeness (QED) is 0.327. The number of methoxy groups -OCH3 is 1. The normalized spacial score (nSPS) is 15.9. The number of aromatic carboxylic acids is 1. The number of alkyl halides is 1. The number of hydrogen-bond acceptors (Lipinski definition) is 6. The molecule has 7 nitrogen and oxygen atoms in total. The molecule has 0 spiro atoms. The number of nitrogens with zero attached hydrogens (tertiary/aromatic N) is 1. The van der Waals surface area contributed by atoms with E-state index >= 15 is 0 Å². The van der Waals surface area contributed by atoms with Crippen LogP contribution in [0.25, 0.3) is 10.6 Å². The van der Waals surface area contributed by atoms with Crippen LogP contribution >= 0.6 is 11.3 Å². The molecule has 37 heavy (non-hydrogen) atoms. The highest BCUT2D eigenvalue weighted by atomic mass is 32.2. The van der Waals surface area contributed by atoms with Crippen molar-refractivity contribution in [1.82, 2.24) is 4.98 Å². The number of nitrogens with one attached hydrogen (secondary N) is 1. The molecule has 11 heteroatoms. The number of carboxylic acids is 1. The van der Waals surface area contributed by atoms with Crippen LogP contribution in [0.1, 0.15) is 66.9 Å². The highest BCUT2D eigenvalue weighted by molar-refractivity contribution is 7.92. The summed E-state index contributed by atoms with van der Waals surface area (Å²) in [4.78, 5) is 15.4. The molecule has 0 aliphatic heterocycles. The van der Waals surface area contributed by atoms with Gasteiger partial charge >= 0.3 is 5.97 Å². The first-order chi connectivity index (χ1) is 17.4. The number of benzene rings is 2. The summed E-state index contributed by atoms with van der Waals surface area (Å²) < 4.78 is 61.4. The van der Waals surface area contributed by atoms with Crippen LogP contribution in [0, 0.1) is 11.2 Å². The van der Waals surface area contributed by atoms with Gasteiger partial charge in [0.2, 0.25) is 0 Å². The molecule has 2 aromatic carbocycles. The largest absolute Gasteiger partial charge is 0.495 e. The van der Waals surface area contributed by atoms with E-state index in [1.165, 1.54) is 12.5 Å². The molecule has 1 heterocycles. The second-order valence-corrected chi connectivity index (χ2v) is 12.4. The molecule has 0 saturated heterocycles. The zero-order valence-electron chi connectivity index (χ0n) is 20.7. The van der Waals surface area contributed by atoms with Crippen molar-refractivity contribution in [2.24, 2.45) is 5.41 Å². The van der Waals surface area contributed by atoms with Crippen molar-refractivity contribution in [2.75, 3.05) is 11.8 Å². The molecule has 0 atom stereocenters. The number of ether oxygens (including phenoxy) is 1. The van der Waals surface area contributed by atoms with Gasteiger partial charge in [0.15, 0.2) is 5.03 Å². The van der Waals surface area contributed by atoms with E-state index < -0.39 is 34.0 Å². The van der Waals surface area contributed by atoms with Crippen molar-refractivity contribution in [3.05, 3.63) is 58.2 Å². The van der Waals surface area contributed by atoms with Gasteiger partial charge in [0.25, 0.3) is 10.0 Å². The Morgan fingerprint density at radius 2 is 1.95 bits per heavy atom. The van der Waals surface area contributed by atoms with Crippen molar-refractivity contribution in [3.8, 4) is 16.3 Å². The van der Waals surface area contributed by atoms with Crippen molar-refractivity contribution in [1.29, 1.82) is 0 Å². The maximum absolute atomic E-state index is 14.2. The molecule has 198 valence electrons. The van der Waals surface area contributed by atoms with Gasteiger partial charge in [-0.2, -0.15) is 8.42 Å². The van der Waals surface area contributed by atoms with Crippen LogP contribution in [-0.4, -0.2) is 31.6 Å². The smallest absolute Gasteiger partial charge is 0.338 e. The number of hydrogen-bond donors (Lipinski definition) is 2. The molecule has 3 aromatic rings. The lowest BCUT2D eigenvalue weighted by Crippen LogP contribution is -2.20. The van der Waals surface area contributed by atoms with Gasteiger partial charge in [0.1, 0.15) is 23.2 Å². The van der Waals surface area contributed by atoms with Crippen molar-refractivity contribution < 1.29 is 31.8 Å². The van der Waals surface area contributed by atoms with E-state index in [0.717, 1.165) is 54.7 Å². The molecule has 0 radical (unpaired) electrons. The SMILES string of the molecule is COc1cc(C(=O)O)c(F)cc1NS(=O)(=O)c1csc(-c2ccc(C3CCC(C)(C)CC3)cc2CF)n1. The summed E-state index contributed by atoms with van der Waals surface area (Å²) in [5.74, 6) is -2.44. The molecule has 1 aromatic heterocycles. The van der Waals surface area contributed by atoms with Gasteiger partial charge in [-0.05, 0) is 54.2 Å². The number of carboxylic acid groups (broad SMARTS) is 1. The zero-order valence-corrected chi connectivity index (χ0v) is 22.3.